The molecule has 0 aliphatic carbocycles. The van der Waals surface area contributed by atoms with Crippen molar-refractivity contribution in [2.45, 2.75) is 6.92 Å². The molecule has 78 valence electrons. The third kappa shape index (κ3) is 1.39. The van der Waals surface area contributed by atoms with Gasteiger partial charge in [-0.1, -0.05) is 6.07 Å². The van der Waals surface area contributed by atoms with Crippen LogP contribution in [-0.4, -0.2) is 9.55 Å². The zero-order valence-electron chi connectivity index (χ0n) is 8.30. The predicted octanol–water partition coefficient (Wildman–Crippen LogP) is 2.04. The molecule has 0 spiro atoms. The fourth-order valence-electron chi connectivity index (χ4n) is 1.53. The van der Waals surface area contributed by atoms with Crippen LogP contribution in [0.15, 0.2) is 16.9 Å². The summed E-state index contributed by atoms with van der Waals surface area (Å²) in [5, 5.41) is 0.353. The first-order valence-electron chi connectivity index (χ1n) is 4.40. The number of fused-ring (bicyclic) bond motifs is 1. The first-order chi connectivity index (χ1) is 7.02. The van der Waals surface area contributed by atoms with Crippen LogP contribution in [0.1, 0.15) is 5.56 Å². The summed E-state index contributed by atoms with van der Waals surface area (Å²) in [6.07, 6.45) is 0. The smallest absolute Gasteiger partial charge is 0.262 e. The van der Waals surface area contributed by atoms with Gasteiger partial charge < -0.3 is 4.98 Å². The minimum atomic E-state index is -0.459. The third-order valence-corrected chi connectivity index (χ3v) is 2.79. The van der Waals surface area contributed by atoms with Crippen molar-refractivity contribution in [1.82, 2.24) is 9.55 Å². The molecule has 0 radical (unpaired) electrons. The van der Waals surface area contributed by atoms with Gasteiger partial charge in [-0.3, -0.25) is 9.36 Å². The van der Waals surface area contributed by atoms with Crippen molar-refractivity contribution in [2.24, 2.45) is 7.05 Å². The van der Waals surface area contributed by atoms with Crippen LogP contribution >= 0.6 is 12.2 Å². The number of hydrogen-bond donors (Lipinski definition) is 1. The minimum Gasteiger partial charge on any atom is -0.329 e. The van der Waals surface area contributed by atoms with E-state index in [1.807, 2.05) is 0 Å². The summed E-state index contributed by atoms with van der Waals surface area (Å²) in [4.78, 5) is 14.5. The average molecular weight is 224 g/mol. The summed E-state index contributed by atoms with van der Waals surface area (Å²) in [6, 6.07) is 2.90. The second-order valence-corrected chi connectivity index (χ2v) is 3.80. The molecular weight excluding hydrogens is 215 g/mol. The van der Waals surface area contributed by atoms with Gasteiger partial charge in [0.15, 0.2) is 4.77 Å². The zero-order chi connectivity index (χ0) is 11.2. The molecule has 5 heteroatoms. The molecule has 0 atom stereocenters. The van der Waals surface area contributed by atoms with Crippen LogP contribution < -0.4 is 5.56 Å². The van der Waals surface area contributed by atoms with Crippen LogP contribution in [-0.2, 0) is 7.05 Å². The van der Waals surface area contributed by atoms with Crippen molar-refractivity contribution in [2.75, 3.05) is 0 Å². The summed E-state index contributed by atoms with van der Waals surface area (Å²) in [7, 11) is 1.56. The van der Waals surface area contributed by atoms with Gasteiger partial charge in [0.1, 0.15) is 5.82 Å². The topological polar surface area (TPSA) is 37.8 Å². The highest BCUT2D eigenvalue weighted by Crippen LogP contribution is 2.15. The molecule has 1 aromatic carbocycles. The number of H-pyrrole nitrogens is 1. The van der Waals surface area contributed by atoms with Gasteiger partial charge in [-0.2, -0.15) is 0 Å². The van der Waals surface area contributed by atoms with Crippen molar-refractivity contribution in [3.05, 3.63) is 38.6 Å². The largest absolute Gasteiger partial charge is 0.329 e. The first kappa shape index (κ1) is 10.0. The lowest BCUT2D eigenvalue weighted by molar-refractivity contribution is 0.634. The van der Waals surface area contributed by atoms with Gasteiger partial charge in [-0.15, -0.1) is 0 Å². The van der Waals surface area contributed by atoms with E-state index in [0.29, 0.717) is 5.39 Å². The lowest BCUT2D eigenvalue weighted by Crippen LogP contribution is -2.19. The highest BCUT2D eigenvalue weighted by atomic mass is 32.1. The number of halogens is 1. The number of aromatic amines is 1. The standard InChI is InChI=1S/C10H9FN2OS/c1-5-3-4-6(11)8-7(5)9(14)13(2)10(15)12-8/h3-4H,1-2H3,(H,12,15). The van der Waals surface area contributed by atoms with Gasteiger partial charge >= 0.3 is 0 Å². The molecule has 0 aliphatic rings. The van der Waals surface area contributed by atoms with Crippen molar-refractivity contribution in [3.8, 4) is 0 Å². The Labute approximate surface area is 90.2 Å². The van der Waals surface area contributed by atoms with E-state index in [-0.39, 0.29) is 15.8 Å². The van der Waals surface area contributed by atoms with Gasteiger partial charge in [0.2, 0.25) is 0 Å². The molecule has 0 bridgehead atoms. The second kappa shape index (κ2) is 3.27. The number of aryl methyl sites for hydroxylation is 1. The SMILES string of the molecule is Cc1ccc(F)c2[nH]c(=S)n(C)c(=O)c12. The van der Waals surface area contributed by atoms with Gasteiger partial charge in [-0.25, -0.2) is 4.39 Å². The fraction of sp³-hybridized carbons (Fsp3) is 0.200. The summed E-state index contributed by atoms with van der Waals surface area (Å²) in [6.45, 7) is 1.76. The molecule has 1 aromatic heterocycles. The Kier molecular flexibility index (Phi) is 2.19. The zero-order valence-corrected chi connectivity index (χ0v) is 9.11. The van der Waals surface area contributed by atoms with Crippen LogP contribution in [0, 0.1) is 17.5 Å². The molecule has 0 saturated carbocycles. The number of nitrogens with zero attached hydrogens (tertiary/aromatic N) is 1. The van der Waals surface area contributed by atoms with E-state index in [2.05, 4.69) is 4.98 Å². The molecule has 0 aliphatic heterocycles. The summed E-state index contributed by atoms with van der Waals surface area (Å²) in [5.41, 5.74) is 0.645. The highest BCUT2D eigenvalue weighted by molar-refractivity contribution is 7.71. The number of rotatable bonds is 0. The normalized spacial score (nSPS) is 10.9. The molecule has 3 nitrogen and oxygen atoms in total. The number of benzene rings is 1. The number of hydrogen-bond acceptors (Lipinski definition) is 2. The monoisotopic (exact) mass is 224 g/mol. The van der Waals surface area contributed by atoms with E-state index in [1.165, 1.54) is 10.6 Å². The van der Waals surface area contributed by atoms with E-state index >= 15 is 0 Å². The van der Waals surface area contributed by atoms with Crippen LogP contribution in [0.3, 0.4) is 0 Å². The molecule has 1 heterocycles. The molecule has 0 fully saturated rings. The number of nitrogens with one attached hydrogen (secondary N) is 1. The molecular formula is C10H9FN2OS. The Morgan fingerprint density at radius 1 is 1.47 bits per heavy atom. The van der Waals surface area contributed by atoms with Gasteiger partial charge in [0, 0.05) is 7.05 Å². The third-order valence-electron chi connectivity index (χ3n) is 2.42. The quantitative estimate of drug-likeness (QED) is 0.695. The Morgan fingerprint density at radius 2 is 2.13 bits per heavy atom. The fourth-order valence-corrected chi connectivity index (χ4v) is 1.71. The molecule has 1 N–H and O–H groups in total. The van der Waals surface area contributed by atoms with Gasteiger partial charge in [0.25, 0.3) is 5.56 Å². The summed E-state index contributed by atoms with van der Waals surface area (Å²) >= 11 is 4.91. The summed E-state index contributed by atoms with van der Waals surface area (Å²) in [5.74, 6) is -0.459. The maximum absolute atomic E-state index is 13.4. The molecule has 0 saturated heterocycles. The van der Waals surface area contributed by atoms with E-state index in [9.17, 15) is 9.18 Å². The van der Waals surface area contributed by atoms with Gasteiger partial charge in [-0.05, 0) is 30.8 Å². The minimum absolute atomic E-state index is 0.183. The lowest BCUT2D eigenvalue weighted by Gasteiger charge is -2.05. The molecule has 0 unspecified atom stereocenters. The Morgan fingerprint density at radius 3 is 2.80 bits per heavy atom. The lowest BCUT2D eigenvalue weighted by atomic mass is 10.1. The Hall–Kier alpha value is -1.49. The molecule has 0 amide bonds. The Bertz CT molecular complexity index is 657. The van der Waals surface area contributed by atoms with E-state index < -0.39 is 5.82 Å². The van der Waals surface area contributed by atoms with Crippen LogP contribution in [0.2, 0.25) is 0 Å². The number of aromatic nitrogens is 2. The van der Waals surface area contributed by atoms with Crippen LogP contribution in [0.25, 0.3) is 10.9 Å². The highest BCUT2D eigenvalue weighted by Gasteiger charge is 2.09. The van der Waals surface area contributed by atoms with E-state index in [4.69, 9.17) is 12.2 Å². The summed E-state index contributed by atoms with van der Waals surface area (Å²) < 4.78 is 14.9. The van der Waals surface area contributed by atoms with E-state index in [0.717, 1.165) is 5.56 Å². The maximum atomic E-state index is 13.4. The van der Waals surface area contributed by atoms with Crippen molar-refractivity contribution < 1.29 is 4.39 Å². The molecule has 2 rings (SSSR count). The maximum Gasteiger partial charge on any atom is 0.262 e. The first-order valence-corrected chi connectivity index (χ1v) is 4.81. The van der Waals surface area contributed by atoms with Crippen LogP contribution in [0.5, 0.6) is 0 Å². The van der Waals surface area contributed by atoms with E-state index in [1.54, 1.807) is 20.0 Å². The molecule has 15 heavy (non-hydrogen) atoms. The van der Waals surface area contributed by atoms with Crippen LogP contribution in [0.4, 0.5) is 4.39 Å². The van der Waals surface area contributed by atoms with Crippen molar-refractivity contribution >= 4 is 23.1 Å². The molecule has 2 aromatic rings. The second-order valence-electron chi connectivity index (χ2n) is 3.41. The van der Waals surface area contributed by atoms with Gasteiger partial charge in [0.05, 0.1) is 10.9 Å². The van der Waals surface area contributed by atoms with Crippen molar-refractivity contribution in [3.63, 3.8) is 0 Å². The Balaban J connectivity index is 3.19. The van der Waals surface area contributed by atoms with Crippen molar-refractivity contribution in [1.29, 1.82) is 0 Å². The average Bonchev–Trinajstić information content (AvgIpc) is 2.20. The predicted molar refractivity (Wildman–Crippen MR) is 59.1 cm³/mol.